The van der Waals surface area contributed by atoms with E-state index in [9.17, 15) is 44.2 Å². The van der Waals surface area contributed by atoms with E-state index < -0.39 is 57.8 Å². The van der Waals surface area contributed by atoms with Gasteiger partial charge in [0.15, 0.2) is 21.7 Å². The second-order valence-corrected chi connectivity index (χ2v) is 15.8. The first-order valence-electron chi connectivity index (χ1n) is 12.2. The molecule has 1 N–H and O–H groups in total. The molecule has 0 saturated carbocycles. The second kappa shape index (κ2) is 17.4. The van der Waals surface area contributed by atoms with Crippen molar-refractivity contribution >= 4 is 59.5 Å². The molecule has 0 spiro atoms. The second-order valence-electron chi connectivity index (χ2n) is 10.8. The normalized spacial score (nSPS) is 17.7. The Morgan fingerprint density at radius 2 is 1.57 bits per heavy atom. The monoisotopic (exact) mass is 791 g/mol. The summed E-state index contributed by atoms with van der Waals surface area (Å²) in [4.78, 5) is 1.33. The van der Waals surface area contributed by atoms with Gasteiger partial charge < -0.3 is 19.3 Å². The summed E-state index contributed by atoms with van der Waals surface area (Å²) in [6.45, 7) is 6.89. The van der Waals surface area contributed by atoms with Crippen LogP contribution in [0.4, 0.5) is 11.4 Å². The molecule has 0 aliphatic carbocycles. The van der Waals surface area contributed by atoms with E-state index in [-0.39, 0.29) is 166 Å². The van der Waals surface area contributed by atoms with Gasteiger partial charge in [-0.15, -0.1) is 0 Å². The molecule has 0 saturated heterocycles. The molecule has 14 nitrogen and oxygen atoms in total. The van der Waals surface area contributed by atoms with Crippen LogP contribution in [-0.2, 0) is 50.6 Å². The molecular formula is C25H26K3N2O12S4+. The standard InChI is InChI=1S/C25H28N2O12S4.3K/c1-24(2)18-12-16(40-39-38-28)8-10-20(18)26(14-41(29,30)31)22(24)6-5-7-23-25(3,4)19-13-17(43(35,36)37)9-11-21(19)27(23)15-42(32,33)34;;;/h5-13H,14-15H2,1-4H3,(H3-,28,29,30,31,32,33,34,35,36,37);;;/q;3*+1/p-2. The third kappa shape index (κ3) is 10.7. The zero-order valence-electron chi connectivity index (χ0n) is 26.1. The maximum absolute atomic E-state index is 12.0. The van der Waals surface area contributed by atoms with Gasteiger partial charge >= 0.3 is 154 Å². The summed E-state index contributed by atoms with van der Waals surface area (Å²) < 4.78 is 110. The Kier molecular flexibility index (Phi) is 17.5. The molecule has 46 heavy (non-hydrogen) atoms. The Hall–Kier alpha value is 2.26. The summed E-state index contributed by atoms with van der Waals surface area (Å²) in [7, 11) is -14.2. The van der Waals surface area contributed by atoms with Crippen molar-refractivity contribution in [3.8, 4) is 0 Å². The maximum Gasteiger partial charge on any atom is 1.00 e. The van der Waals surface area contributed by atoms with Gasteiger partial charge in [0.05, 0.1) is 22.4 Å². The van der Waals surface area contributed by atoms with Gasteiger partial charge in [0.25, 0.3) is 10.1 Å². The molecule has 2 aliphatic rings. The van der Waals surface area contributed by atoms with Crippen molar-refractivity contribution < 1.29 is 212 Å². The van der Waals surface area contributed by atoms with Crippen molar-refractivity contribution in [2.75, 3.05) is 16.7 Å². The fraction of sp³-hybridized carbons (Fsp3) is 0.320. The molecule has 2 aromatic rings. The van der Waals surface area contributed by atoms with Crippen LogP contribution >= 0.6 is 12.0 Å². The van der Waals surface area contributed by atoms with E-state index in [2.05, 4.69) is 9.37 Å². The molecule has 0 amide bonds. The summed E-state index contributed by atoms with van der Waals surface area (Å²) in [5, 5.41) is 13.7. The molecule has 0 unspecified atom stereocenters. The van der Waals surface area contributed by atoms with Crippen LogP contribution < -0.4 is 164 Å². The Morgan fingerprint density at radius 3 is 2.11 bits per heavy atom. The Balaban J connectivity index is 0.00000353. The van der Waals surface area contributed by atoms with Crippen molar-refractivity contribution in [3.63, 3.8) is 0 Å². The predicted molar refractivity (Wildman–Crippen MR) is 151 cm³/mol. The first kappa shape index (κ1) is 46.3. The number of hydrogen-bond donors (Lipinski definition) is 1. The van der Waals surface area contributed by atoms with Crippen LogP contribution in [0.2, 0.25) is 0 Å². The molecule has 2 aromatic carbocycles. The Morgan fingerprint density at radius 1 is 0.935 bits per heavy atom. The van der Waals surface area contributed by atoms with E-state index in [4.69, 9.17) is 0 Å². The summed E-state index contributed by atoms with van der Waals surface area (Å²) >= 11 is 0.643. The minimum Gasteiger partial charge on any atom is -0.744 e. The van der Waals surface area contributed by atoms with Crippen LogP contribution in [0.3, 0.4) is 0 Å². The van der Waals surface area contributed by atoms with Crippen molar-refractivity contribution in [1.82, 2.24) is 0 Å². The van der Waals surface area contributed by atoms with E-state index in [1.54, 1.807) is 52.0 Å². The van der Waals surface area contributed by atoms with Gasteiger partial charge in [0.2, 0.25) is 11.6 Å². The smallest absolute Gasteiger partial charge is 0.744 e. The molecule has 0 atom stereocenters. The molecule has 0 radical (unpaired) electrons. The van der Waals surface area contributed by atoms with E-state index >= 15 is 0 Å². The van der Waals surface area contributed by atoms with Gasteiger partial charge in [-0.05, 0) is 55.8 Å². The molecule has 21 heteroatoms. The van der Waals surface area contributed by atoms with Crippen molar-refractivity contribution in [2.45, 2.75) is 48.3 Å². The van der Waals surface area contributed by atoms with Gasteiger partial charge in [-0.1, -0.05) is 19.9 Å². The fourth-order valence-electron chi connectivity index (χ4n) is 5.40. The summed E-state index contributed by atoms with van der Waals surface area (Å²) in [5.74, 6) is -1.78. The Bertz CT molecular complexity index is 1910. The number of hydrogen-bond acceptors (Lipinski definition) is 13. The number of rotatable bonds is 10. The fourth-order valence-corrected chi connectivity index (χ4v) is 7.49. The van der Waals surface area contributed by atoms with Gasteiger partial charge in [0.1, 0.15) is 10.1 Å². The molecule has 2 heterocycles. The van der Waals surface area contributed by atoms with Crippen LogP contribution in [-0.4, -0.2) is 61.0 Å². The van der Waals surface area contributed by atoms with Gasteiger partial charge in [-0.25, -0.2) is 16.8 Å². The Labute approximate surface area is 400 Å². The van der Waals surface area contributed by atoms with Gasteiger partial charge in [-0.3, -0.25) is 9.59 Å². The molecule has 234 valence electrons. The summed E-state index contributed by atoms with van der Waals surface area (Å²) in [5.41, 5.74) is 0.347. The zero-order chi connectivity index (χ0) is 32.2. The number of allylic oxidation sites excluding steroid dienone is 4. The van der Waals surface area contributed by atoms with Crippen LogP contribution in [0.15, 0.2) is 70.1 Å². The predicted octanol–water partition coefficient (Wildman–Crippen LogP) is -7.20. The zero-order valence-corrected chi connectivity index (χ0v) is 38.7. The number of anilines is 1. The van der Waals surface area contributed by atoms with Crippen LogP contribution in [0.5, 0.6) is 0 Å². The van der Waals surface area contributed by atoms with E-state index in [1.165, 1.54) is 27.7 Å². The SMILES string of the molecule is CC1(C)C(/C=C/C=C2\N(CS(=O)(=O)O)c3ccc(SOO[O-])cc3C2(C)C)=[N+](CS(=O)(=O)[O-])c2ccc(S(=O)(=O)[O-])cc21.[K+].[K+].[K+]. The van der Waals surface area contributed by atoms with Crippen LogP contribution in [0, 0.1) is 0 Å². The molecular weight excluding hydrogens is 766 g/mol. The molecule has 0 fully saturated rings. The first-order valence-corrected chi connectivity index (χ1v) is 17.6. The summed E-state index contributed by atoms with van der Waals surface area (Å²) in [6, 6.07) is 8.23. The molecule has 0 bridgehead atoms. The largest absolute Gasteiger partial charge is 1.00 e. The van der Waals surface area contributed by atoms with E-state index in [1.807, 2.05) is 0 Å². The first-order chi connectivity index (χ1) is 19.7. The van der Waals surface area contributed by atoms with Crippen LogP contribution in [0.25, 0.3) is 0 Å². The minimum absolute atomic E-state index is 0. The minimum atomic E-state index is -4.83. The van der Waals surface area contributed by atoms with E-state index in [0.29, 0.717) is 39.4 Å². The number of benzene rings is 2. The van der Waals surface area contributed by atoms with Crippen LogP contribution in [0.1, 0.15) is 38.8 Å². The molecule has 2 aliphatic heterocycles. The van der Waals surface area contributed by atoms with Gasteiger partial charge in [-0.2, -0.15) is 17.3 Å². The van der Waals surface area contributed by atoms with E-state index in [0.717, 1.165) is 12.1 Å². The van der Waals surface area contributed by atoms with Crippen molar-refractivity contribution in [1.29, 1.82) is 0 Å². The molecule has 0 aromatic heterocycles. The van der Waals surface area contributed by atoms with Gasteiger partial charge in [0, 0.05) is 39.4 Å². The average molecular weight is 792 g/mol. The third-order valence-corrected chi connectivity index (χ3v) is 9.82. The topological polar surface area (TPSA) is 217 Å². The average Bonchev–Trinajstić information content (AvgIpc) is 3.19. The van der Waals surface area contributed by atoms with Crippen molar-refractivity contribution in [3.05, 3.63) is 71.5 Å². The number of fused-ring (bicyclic) bond motifs is 2. The third-order valence-electron chi connectivity index (χ3n) is 7.26. The summed E-state index contributed by atoms with van der Waals surface area (Å²) in [6.07, 6.45) is 4.55. The number of nitrogens with zero attached hydrogens (tertiary/aromatic N) is 2. The van der Waals surface area contributed by atoms with Crippen molar-refractivity contribution in [2.24, 2.45) is 0 Å². The quantitative estimate of drug-likeness (QED) is 0.0591. The molecule has 4 rings (SSSR count). The maximum atomic E-state index is 12.0.